The first-order chi connectivity index (χ1) is 5.45. The fourth-order valence-corrected chi connectivity index (χ4v) is 0.807. The summed E-state index contributed by atoms with van der Waals surface area (Å²) in [6.07, 6.45) is 5.54. The standard InChI is InChI=1S/C8H12O3/c1(2-7-5-10-7)3-9-4-8-6-11-8/h1,3,7-8H,2,4-6H2. The topological polar surface area (TPSA) is 34.3 Å². The minimum Gasteiger partial charge on any atom is -0.499 e. The largest absolute Gasteiger partial charge is 0.499 e. The SMILES string of the molecule is C(=COCC1CO1)CC1CO1. The predicted molar refractivity (Wildman–Crippen MR) is 39.2 cm³/mol. The smallest absolute Gasteiger partial charge is 0.116 e. The van der Waals surface area contributed by atoms with Crippen molar-refractivity contribution in [3.8, 4) is 0 Å². The Kier molecular flexibility index (Phi) is 2.10. The van der Waals surface area contributed by atoms with Crippen LogP contribution >= 0.6 is 0 Å². The van der Waals surface area contributed by atoms with Crippen molar-refractivity contribution in [2.24, 2.45) is 0 Å². The number of rotatable bonds is 5. The maximum Gasteiger partial charge on any atom is 0.116 e. The molecule has 0 aromatic rings. The summed E-state index contributed by atoms with van der Waals surface area (Å²) in [5.74, 6) is 0. The second kappa shape index (κ2) is 3.24. The molecule has 0 amide bonds. The highest BCUT2D eigenvalue weighted by molar-refractivity contribution is 4.83. The van der Waals surface area contributed by atoms with E-state index in [0.29, 0.717) is 18.8 Å². The lowest BCUT2D eigenvalue weighted by Crippen LogP contribution is -1.95. The molecule has 2 saturated heterocycles. The van der Waals surface area contributed by atoms with Crippen LogP contribution in [0.15, 0.2) is 12.3 Å². The van der Waals surface area contributed by atoms with Crippen molar-refractivity contribution in [1.29, 1.82) is 0 Å². The Labute approximate surface area is 65.9 Å². The molecule has 0 N–H and O–H groups in total. The molecular formula is C8H12O3. The minimum atomic E-state index is 0.358. The predicted octanol–water partition coefficient (Wildman–Crippen LogP) is 0.704. The summed E-state index contributed by atoms with van der Waals surface area (Å²) >= 11 is 0. The van der Waals surface area contributed by atoms with Gasteiger partial charge in [0.25, 0.3) is 0 Å². The fourth-order valence-electron chi connectivity index (χ4n) is 0.807. The van der Waals surface area contributed by atoms with Gasteiger partial charge in [0, 0.05) is 0 Å². The van der Waals surface area contributed by atoms with E-state index in [0.717, 1.165) is 19.6 Å². The van der Waals surface area contributed by atoms with Crippen molar-refractivity contribution in [1.82, 2.24) is 0 Å². The van der Waals surface area contributed by atoms with E-state index >= 15 is 0 Å². The minimum absolute atomic E-state index is 0.358. The average molecular weight is 156 g/mol. The molecule has 0 aliphatic carbocycles. The summed E-state index contributed by atoms with van der Waals surface area (Å²) in [6, 6.07) is 0. The van der Waals surface area contributed by atoms with Crippen molar-refractivity contribution >= 4 is 0 Å². The summed E-state index contributed by atoms with van der Waals surface area (Å²) in [6.45, 7) is 2.47. The van der Waals surface area contributed by atoms with Gasteiger partial charge in [-0.1, -0.05) is 0 Å². The zero-order valence-electron chi connectivity index (χ0n) is 6.36. The molecule has 0 aromatic carbocycles. The van der Waals surface area contributed by atoms with Crippen LogP contribution < -0.4 is 0 Å². The average Bonchev–Trinajstić information content (AvgIpc) is 2.83. The van der Waals surface area contributed by atoms with E-state index in [9.17, 15) is 0 Å². The van der Waals surface area contributed by atoms with Gasteiger partial charge in [0.15, 0.2) is 0 Å². The van der Waals surface area contributed by atoms with Gasteiger partial charge in [0.1, 0.15) is 12.7 Å². The van der Waals surface area contributed by atoms with Crippen molar-refractivity contribution in [3.63, 3.8) is 0 Å². The number of epoxide rings is 2. The van der Waals surface area contributed by atoms with Crippen LogP contribution in [-0.4, -0.2) is 32.0 Å². The van der Waals surface area contributed by atoms with E-state index in [2.05, 4.69) is 0 Å². The normalized spacial score (nSPS) is 34.2. The van der Waals surface area contributed by atoms with E-state index < -0.39 is 0 Å². The van der Waals surface area contributed by atoms with Crippen molar-refractivity contribution in [2.75, 3.05) is 19.8 Å². The van der Waals surface area contributed by atoms with Gasteiger partial charge in [-0.05, 0) is 12.5 Å². The lowest BCUT2D eigenvalue weighted by atomic mass is 10.3. The van der Waals surface area contributed by atoms with Gasteiger partial charge in [0.2, 0.25) is 0 Å². The highest BCUT2D eigenvalue weighted by atomic mass is 16.6. The van der Waals surface area contributed by atoms with Crippen LogP contribution in [-0.2, 0) is 14.2 Å². The van der Waals surface area contributed by atoms with Gasteiger partial charge < -0.3 is 14.2 Å². The molecule has 62 valence electrons. The zero-order valence-corrected chi connectivity index (χ0v) is 6.36. The summed E-state index contributed by atoms with van der Waals surface area (Å²) < 4.78 is 15.2. The third kappa shape index (κ3) is 2.91. The zero-order chi connectivity index (χ0) is 7.52. The molecule has 0 bridgehead atoms. The molecule has 2 fully saturated rings. The number of hydrogen-bond acceptors (Lipinski definition) is 3. The summed E-state index contributed by atoms with van der Waals surface area (Å²) in [5, 5.41) is 0. The maximum atomic E-state index is 5.17. The lowest BCUT2D eigenvalue weighted by Gasteiger charge is -1.93. The number of hydrogen-bond donors (Lipinski definition) is 0. The Bertz CT molecular complexity index is 147. The Morgan fingerprint density at radius 1 is 1.27 bits per heavy atom. The Morgan fingerprint density at radius 2 is 2.00 bits per heavy atom. The van der Waals surface area contributed by atoms with Crippen LogP contribution in [0.2, 0.25) is 0 Å². The lowest BCUT2D eigenvalue weighted by molar-refractivity contribution is 0.211. The van der Waals surface area contributed by atoms with E-state index in [1.807, 2.05) is 6.08 Å². The molecule has 2 aliphatic heterocycles. The Morgan fingerprint density at radius 3 is 2.64 bits per heavy atom. The highest BCUT2D eigenvalue weighted by Crippen LogP contribution is 2.13. The van der Waals surface area contributed by atoms with Gasteiger partial charge in [0.05, 0.1) is 25.6 Å². The van der Waals surface area contributed by atoms with E-state index in [-0.39, 0.29) is 0 Å². The molecule has 2 heterocycles. The molecule has 0 aromatic heterocycles. The molecule has 3 nitrogen and oxygen atoms in total. The van der Waals surface area contributed by atoms with Crippen LogP contribution in [0.5, 0.6) is 0 Å². The van der Waals surface area contributed by atoms with Crippen LogP contribution in [0.25, 0.3) is 0 Å². The van der Waals surface area contributed by atoms with Crippen LogP contribution in [0.3, 0.4) is 0 Å². The number of ether oxygens (including phenoxy) is 3. The third-order valence-electron chi connectivity index (χ3n) is 1.68. The molecule has 0 spiro atoms. The second-order valence-corrected chi connectivity index (χ2v) is 2.85. The molecule has 0 radical (unpaired) electrons. The maximum absolute atomic E-state index is 5.17. The molecule has 2 unspecified atom stereocenters. The first kappa shape index (κ1) is 7.13. The van der Waals surface area contributed by atoms with Crippen LogP contribution in [0.4, 0.5) is 0 Å². The van der Waals surface area contributed by atoms with Gasteiger partial charge in [-0.15, -0.1) is 0 Å². The Balaban J connectivity index is 1.46. The van der Waals surface area contributed by atoms with Crippen molar-refractivity contribution in [2.45, 2.75) is 18.6 Å². The van der Waals surface area contributed by atoms with Gasteiger partial charge in [-0.25, -0.2) is 0 Å². The molecule has 2 atom stereocenters. The molecule has 11 heavy (non-hydrogen) atoms. The van der Waals surface area contributed by atoms with Crippen LogP contribution in [0, 0.1) is 0 Å². The fraction of sp³-hybridized carbons (Fsp3) is 0.750. The third-order valence-corrected chi connectivity index (χ3v) is 1.68. The van der Waals surface area contributed by atoms with Crippen molar-refractivity contribution < 1.29 is 14.2 Å². The first-order valence-electron chi connectivity index (χ1n) is 3.95. The first-order valence-corrected chi connectivity index (χ1v) is 3.95. The second-order valence-electron chi connectivity index (χ2n) is 2.85. The molecule has 2 rings (SSSR count). The van der Waals surface area contributed by atoms with E-state index in [1.54, 1.807) is 6.26 Å². The van der Waals surface area contributed by atoms with E-state index in [1.165, 1.54) is 0 Å². The molecule has 2 aliphatic rings. The van der Waals surface area contributed by atoms with Gasteiger partial charge >= 0.3 is 0 Å². The Hall–Kier alpha value is -0.540. The highest BCUT2D eigenvalue weighted by Gasteiger charge is 2.22. The summed E-state index contributed by atoms with van der Waals surface area (Å²) in [7, 11) is 0. The monoisotopic (exact) mass is 156 g/mol. The summed E-state index contributed by atoms with van der Waals surface area (Å²) in [4.78, 5) is 0. The van der Waals surface area contributed by atoms with Crippen LogP contribution in [0.1, 0.15) is 6.42 Å². The van der Waals surface area contributed by atoms with Gasteiger partial charge in [-0.2, -0.15) is 0 Å². The quantitative estimate of drug-likeness (QED) is 0.434. The van der Waals surface area contributed by atoms with E-state index in [4.69, 9.17) is 14.2 Å². The van der Waals surface area contributed by atoms with Gasteiger partial charge in [-0.3, -0.25) is 0 Å². The molecular weight excluding hydrogens is 144 g/mol. The molecule has 0 saturated carbocycles. The van der Waals surface area contributed by atoms with Crippen molar-refractivity contribution in [3.05, 3.63) is 12.3 Å². The summed E-state index contributed by atoms with van der Waals surface area (Å²) in [5.41, 5.74) is 0. The molecule has 3 heteroatoms.